The van der Waals surface area contributed by atoms with E-state index in [4.69, 9.17) is 5.73 Å². The van der Waals surface area contributed by atoms with Gasteiger partial charge in [-0.25, -0.2) is 9.52 Å². The summed E-state index contributed by atoms with van der Waals surface area (Å²) in [6.07, 6.45) is -0.421. The Labute approximate surface area is 111 Å². The Bertz CT molecular complexity index is 600. The first kappa shape index (κ1) is 13.5. The molecule has 19 heavy (non-hydrogen) atoms. The lowest BCUT2D eigenvalue weighted by Crippen LogP contribution is -2.43. The van der Waals surface area contributed by atoms with Crippen molar-refractivity contribution < 1.29 is 17.9 Å². The normalized spacial score (nSPS) is 14.1. The van der Waals surface area contributed by atoms with Gasteiger partial charge in [0.15, 0.2) is 0 Å². The molecule has 0 saturated heterocycles. The highest BCUT2D eigenvalue weighted by atomic mass is 32.2. The first-order chi connectivity index (χ1) is 8.94. The number of ether oxygens (including phenoxy) is 1. The summed E-state index contributed by atoms with van der Waals surface area (Å²) in [6, 6.07) is 4.98. The number of nitrogens with one attached hydrogen (secondary N) is 1. The van der Waals surface area contributed by atoms with Crippen LogP contribution in [-0.4, -0.2) is 27.7 Å². The second-order valence-electron chi connectivity index (χ2n) is 4.04. The minimum Gasteiger partial charge on any atom is -0.449 e. The molecule has 2 rings (SSSR count). The molecule has 7 nitrogen and oxygen atoms in total. The average molecular weight is 285 g/mol. The number of rotatable bonds is 3. The molecule has 0 aliphatic carbocycles. The Morgan fingerprint density at radius 1 is 1.53 bits per heavy atom. The summed E-state index contributed by atoms with van der Waals surface area (Å²) < 4.78 is 31.7. The van der Waals surface area contributed by atoms with Crippen molar-refractivity contribution in [3.63, 3.8) is 0 Å². The van der Waals surface area contributed by atoms with E-state index < -0.39 is 16.3 Å². The first-order valence-corrected chi connectivity index (χ1v) is 7.23. The number of fused-ring (bicyclic) bond motifs is 1. The summed E-state index contributed by atoms with van der Waals surface area (Å²) in [7, 11) is -3.94. The maximum atomic E-state index is 12.0. The third-order valence-electron chi connectivity index (χ3n) is 2.73. The van der Waals surface area contributed by atoms with Crippen molar-refractivity contribution in [2.75, 3.05) is 23.2 Å². The highest BCUT2D eigenvalue weighted by Crippen LogP contribution is 2.31. The van der Waals surface area contributed by atoms with E-state index in [0.717, 1.165) is 9.87 Å². The van der Waals surface area contributed by atoms with E-state index >= 15 is 0 Å². The third kappa shape index (κ3) is 2.73. The SMILES string of the molecule is CCOC(=O)NS(=O)(=O)N1CCc2cc(N)ccc21. The minimum atomic E-state index is -3.94. The smallest absolute Gasteiger partial charge is 0.422 e. The van der Waals surface area contributed by atoms with Gasteiger partial charge in [-0.15, -0.1) is 0 Å². The van der Waals surface area contributed by atoms with Crippen molar-refractivity contribution in [3.8, 4) is 0 Å². The van der Waals surface area contributed by atoms with Crippen LogP contribution in [0.5, 0.6) is 0 Å². The number of carbonyl (C=O) groups excluding carboxylic acids is 1. The molecule has 0 radical (unpaired) electrons. The Morgan fingerprint density at radius 2 is 2.26 bits per heavy atom. The van der Waals surface area contributed by atoms with E-state index in [0.29, 0.717) is 17.8 Å². The van der Waals surface area contributed by atoms with Crippen molar-refractivity contribution in [2.45, 2.75) is 13.3 Å². The van der Waals surface area contributed by atoms with E-state index in [2.05, 4.69) is 4.74 Å². The number of nitrogens with zero attached hydrogens (tertiary/aromatic N) is 1. The Kier molecular flexibility index (Phi) is 3.52. The number of amides is 1. The largest absolute Gasteiger partial charge is 0.449 e. The zero-order valence-electron chi connectivity index (χ0n) is 10.4. The molecule has 0 aromatic heterocycles. The molecular weight excluding hydrogens is 270 g/mol. The lowest BCUT2D eigenvalue weighted by molar-refractivity contribution is 0.158. The number of hydrogen-bond acceptors (Lipinski definition) is 5. The predicted octanol–water partition coefficient (Wildman–Crippen LogP) is 0.622. The lowest BCUT2D eigenvalue weighted by Gasteiger charge is -2.19. The van der Waals surface area contributed by atoms with Crippen LogP contribution in [0.4, 0.5) is 16.2 Å². The summed E-state index contributed by atoms with van der Waals surface area (Å²) in [5, 5.41) is 0. The monoisotopic (exact) mass is 285 g/mol. The number of anilines is 2. The molecule has 0 saturated carbocycles. The van der Waals surface area contributed by atoms with E-state index in [1.54, 1.807) is 25.1 Å². The number of benzene rings is 1. The van der Waals surface area contributed by atoms with Gasteiger partial charge in [-0.2, -0.15) is 8.42 Å². The number of hydrogen-bond donors (Lipinski definition) is 2. The van der Waals surface area contributed by atoms with Crippen LogP contribution in [0.25, 0.3) is 0 Å². The topological polar surface area (TPSA) is 102 Å². The Hall–Kier alpha value is -1.96. The predicted molar refractivity (Wildman–Crippen MR) is 71.0 cm³/mol. The fourth-order valence-corrected chi connectivity index (χ4v) is 3.11. The molecule has 0 atom stereocenters. The highest BCUT2D eigenvalue weighted by molar-refractivity contribution is 7.91. The standard InChI is InChI=1S/C11H15N3O4S/c1-2-18-11(15)13-19(16,17)14-6-5-8-7-9(12)3-4-10(8)14/h3-4,7H,2,5-6,12H2,1H3,(H,13,15). The average Bonchev–Trinajstić information content (AvgIpc) is 2.71. The van der Waals surface area contributed by atoms with Crippen LogP contribution in [0.1, 0.15) is 12.5 Å². The van der Waals surface area contributed by atoms with Gasteiger partial charge in [0.1, 0.15) is 0 Å². The van der Waals surface area contributed by atoms with Crippen LogP contribution in [0.2, 0.25) is 0 Å². The van der Waals surface area contributed by atoms with Gasteiger partial charge in [0.05, 0.1) is 12.3 Å². The summed E-state index contributed by atoms with van der Waals surface area (Å²) >= 11 is 0. The van der Waals surface area contributed by atoms with Gasteiger partial charge in [0, 0.05) is 12.2 Å². The molecule has 3 N–H and O–H groups in total. The Morgan fingerprint density at radius 3 is 2.95 bits per heavy atom. The molecule has 1 heterocycles. The molecule has 1 amide bonds. The number of carbonyl (C=O) groups is 1. The van der Waals surface area contributed by atoms with E-state index in [1.165, 1.54) is 0 Å². The lowest BCUT2D eigenvalue weighted by atomic mass is 10.1. The highest BCUT2D eigenvalue weighted by Gasteiger charge is 2.31. The summed E-state index contributed by atoms with van der Waals surface area (Å²) in [5.74, 6) is 0. The van der Waals surface area contributed by atoms with Gasteiger partial charge in [-0.1, -0.05) is 0 Å². The summed E-state index contributed by atoms with van der Waals surface area (Å²) in [6.45, 7) is 1.97. The van der Waals surface area contributed by atoms with Crippen LogP contribution in [0, 0.1) is 0 Å². The van der Waals surface area contributed by atoms with Crippen molar-refractivity contribution >= 4 is 27.7 Å². The summed E-state index contributed by atoms with van der Waals surface area (Å²) in [4.78, 5) is 11.2. The van der Waals surface area contributed by atoms with E-state index in [-0.39, 0.29) is 13.2 Å². The van der Waals surface area contributed by atoms with Gasteiger partial charge in [-0.05, 0) is 37.1 Å². The molecule has 1 aromatic rings. The maximum absolute atomic E-state index is 12.0. The molecule has 0 bridgehead atoms. The van der Waals surface area contributed by atoms with Crippen molar-refractivity contribution in [2.24, 2.45) is 0 Å². The molecule has 1 aliphatic rings. The molecule has 0 unspecified atom stereocenters. The van der Waals surface area contributed by atoms with E-state index in [9.17, 15) is 13.2 Å². The van der Waals surface area contributed by atoms with Crippen LogP contribution in [-0.2, 0) is 21.4 Å². The molecule has 0 fully saturated rings. The number of nitrogens with two attached hydrogens (primary N) is 1. The van der Waals surface area contributed by atoms with Gasteiger partial charge in [-0.3, -0.25) is 4.31 Å². The van der Waals surface area contributed by atoms with Gasteiger partial charge >= 0.3 is 16.3 Å². The molecule has 0 spiro atoms. The Balaban J connectivity index is 2.23. The van der Waals surface area contributed by atoms with Crippen LogP contribution >= 0.6 is 0 Å². The van der Waals surface area contributed by atoms with Crippen molar-refractivity contribution in [1.29, 1.82) is 0 Å². The van der Waals surface area contributed by atoms with Crippen LogP contribution < -0.4 is 14.8 Å². The zero-order valence-corrected chi connectivity index (χ0v) is 11.2. The maximum Gasteiger partial charge on any atom is 0.422 e. The third-order valence-corrected chi connectivity index (χ3v) is 4.12. The van der Waals surface area contributed by atoms with E-state index in [1.807, 2.05) is 4.72 Å². The molecule has 1 aliphatic heterocycles. The van der Waals surface area contributed by atoms with Crippen LogP contribution in [0.3, 0.4) is 0 Å². The first-order valence-electron chi connectivity index (χ1n) is 5.79. The second-order valence-corrected chi connectivity index (χ2v) is 5.63. The minimum absolute atomic E-state index is 0.106. The molecule has 1 aromatic carbocycles. The molecular formula is C11H15N3O4S. The summed E-state index contributed by atoms with van der Waals surface area (Å²) in [5.41, 5.74) is 7.60. The van der Waals surface area contributed by atoms with Crippen molar-refractivity contribution in [1.82, 2.24) is 4.72 Å². The van der Waals surface area contributed by atoms with Crippen molar-refractivity contribution in [3.05, 3.63) is 23.8 Å². The fraction of sp³-hybridized carbons (Fsp3) is 0.364. The molecule has 104 valence electrons. The van der Waals surface area contributed by atoms with Gasteiger partial charge in [0.25, 0.3) is 0 Å². The fourth-order valence-electron chi connectivity index (χ4n) is 1.96. The zero-order chi connectivity index (χ0) is 14.0. The van der Waals surface area contributed by atoms with Crippen LogP contribution in [0.15, 0.2) is 18.2 Å². The van der Waals surface area contributed by atoms with Gasteiger partial charge in [0.2, 0.25) is 0 Å². The second kappa shape index (κ2) is 4.96. The molecule has 8 heteroatoms. The number of nitrogen functional groups attached to an aromatic ring is 1. The van der Waals surface area contributed by atoms with Gasteiger partial charge < -0.3 is 10.5 Å². The quantitative estimate of drug-likeness (QED) is 0.793.